The minimum absolute atomic E-state index is 0.00729. The Bertz CT molecular complexity index is 673. The molecule has 3 rings (SSSR count). The maximum absolute atomic E-state index is 12.1. The molecular formula is C14H20N4OS. The zero-order valence-electron chi connectivity index (χ0n) is 11.9. The number of likely N-dealkylation sites (N-methyl/N-ethyl adjacent to an activating group) is 1. The molecule has 2 aromatic rings. The second-order valence-electron chi connectivity index (χ2n) is 5.64. The number of hydrogen-bond donors (Lipinski definition) is 1. The standard InChI is InChI=1S/C14H20N4OS/c1-9-8-20-14-16-11(5-13(19)18(9)14)7-17(2)12(6-15)10-3-4-10/h5,8,10,12H,3-4,6-7,15H2,1-2H3. The summed E-state index contributed by atoms with van der Waals surface area (Å²) in [6, 6.07) is 2.05. The number of thiazole rings is 1. The second kappa shape index (κ2) is 5.27. The van der Waals surface area contributed by atoms with Gasteiger partial charge in [0.25, 0.3) is 5.56 Å². The Labute approximate surface area is 122 Å². The predicted octanol–water partition coefficient (Wildman–Crippen LogP) is 1.23. The molecule has 6 heteroatoms. The SMILES string of the molecule is Cc1csc2nc(CN(C)C(CN)C3CC3)cc(=O)n12. The molecule has 1 atom stereocenters. The molecule has 2 N–H and O–H groups in total. The van der Waals surface area contributed by atoms with Gasteiger partial charge in [-0.05, 0) is 32.7 Å². The lowest BCUT2D eigenvalue weighted by Crippen LogP contribution is -2.39. The highest BCUT2D eigenvalue weighted by atomic mass is 32.1. The van der Waals surface area contributed by atoms with Crippen LogP contribution < -0.4 is 11.3 Å². The lowest BCUT2D eigenvalue weighted by molar-refractivity contribution is 0.213. The first-order valence-electron chi connectivity index (χ1n) is 6.97. The molecule has 1 fully saturated rings. The van der Waals surface area contributed by atoms with Crippen LogP contribution in [0.4, 0.5) is 0 Å². The van der Waals surface area contributed by atoms with Crippen molar-refractivity contribution in [3.8, 4) is 0 Å². The summed E-state index contributed by atoms with van der Waals surface area (Å²) in [7, 11) is 2.07. The number of fused-ring (bicyclic) bond motifs is 1. The third-order valence-corrected chi connectivity index (χ3v) is 4.96. The summed E-state index contributed by atoms with van der Waals surface area (Å²) < 4.78 is 1.66. The molecule has 0 aliphatic heterocycles. The maximum atomic E-state index is 12.1. The quantitative estimate of drug-likeness (QED) is 0.900. The van der Waals surface area contributed by atoms with Gasteiger partial charge in [-0.2, -0.15) is 0 Å². The van der Waals surface area contributed by atoms with Crippen LogP contribution in [-0.4, -0.2) is 33.9 Å². The van der Waals surface area contributed by atoms with Crippen molar-refractivity contribution < 1.29 is 0 Å². The molecule has 2 heterocycles. The molecule has 0 amide bonds. The molecule has 20 heavy (non-hydrogen) atoms. The highest BCUT2D eigenvalue weighted by Crippen LogP contribution is 2.34. The van der Waals surface area contributed by atoms with Gasteiger partial charge in [-0.25, -0.2) is 4.98 Å². The number of nitrogens with zero attached hydrogens (tertiary/aromatic N) is 3. The van der Waals surface area contributed by atoms with Gasteiger partial charge in [0.1, 0.15) is 0 Å². The number of nitrogens with two attached hydrogens (primary N) is 1. The van der Waals surface area contributed by atoms with E-state index in [1.165, 1.54) is 24.2 Å². The van der Waals surface area contributed by atoms with E-state index in [0.29, 0.717) is 19.1 Å². The smallest absolute Gasteiger partial charge is 0.259 e. The summed E-state index contributed by atoms with van der Waals surface area (Å²) in [5.41, 5.74) is 7.65. The first kappa shape index (κ1) is 13.7. The summed E-state index contributed by atoms with van der Waals surface area (Å²) in [6.07, 6.45) is 2.54. The minimum atomic E-state index is 0.00729. The molecule has 1 unspecified atom stereocenters. The van der Waals surface area contributed by atoms with Gasteiger partial charge in [0.2, 0.25) is 0 Å². The first-order chi connectivity index (χ1) is 9.60. The Balaban J connectivity index is 1.85. The fraction of sp³-hybridized carbons (Fsp3) is 0.571. The van der Waals surface area contributed by atoms with Crippen LogP contribution in [0.5, 0.6) is 0 Å². The fourth-order valence-corrected chi connectivity index (χ4v) is 3.66. The van der Waals surface area contributed by atoms with Crippen molar-refractivity contribution >= 4 is 16.3 Å². The van der Waals surface area contributed by atoms with Crippen LogP contribution in [0.3, 0.4) is 0 Å². The normalized spacial score (nSPS) is 17.0. The minimum Gasteiger partial charge on any atom is -0.329 e. The molecule has 1 aliphatic rings. The van der Waals surface area contributed by atoms with E-state index in [2.05, 4.69) is 16.9 Å². The molecule has 0 bridgehead atoms. The van der Waals surface area contributed by atoms with Crippen molar-refractivity contribution in [3.63, 3.8) is 0 Å². The fourth-order valence-electron chi connectivity index (χ4n) is 2.77. The molecule has 0 aromatic carbocycles. The number of rotatable bonds is 5. The molecule has 108 valence electrons. The lowest BCUT2D eigenvalue weighted by Gasteiger charge is -2.26. The van der Waals surface area contributed by atoms with E-state index in [9.17, 15) is 4.79 Å². The Morgan fingerprint density at radius 2 is 2.35 bits per heavy atom. The number of aryl methyl sites for hydroxylation is 1. The Kier molecular flexibility index (Phi) is 3.62. The van der Waals surface area contributed by atoms with Crippen molar-refractivity contribution in [2.24, 2.45) is 11.7 Å². The molecule has 1 aliphatic carbocycles. The lowest BCUT2D eigenvalue weighted by atomic mass is 10.1. The van der Waals surface area contributed by atoms with Crippen molar-refractivity contribution in [3.05, 3.63) is 33.2 Å². The van der Waals surface area contributed by atoms with Crippen LogP contribution in [0, 0.1) is 12.8 Å². The highest BCUT2D eigenvalue weighted by Gasteiger charge is 2.32. The molecular weight excluding hydrogens is 272 g/mol. The molecule has 1 saturated carbocycles. The number of hydrogen-bond acceptors (Lipinski definition) is 5. The monoisotopic (exact) mass is 292 g/mol. The zero-order valence-corrected chi connectivity index (χ0v) is 12.7. The topological polar surface area (TPSA) is 63.6 Å². The first-order valence-corrected chi connectivity index (χ1v) is 7.85. The Hall–Kier alpha value is -1.24. The third kappa shape index (κ3) is 2.51. The molecule has 0 spiro atoms. The Morgan fingerprint density at radius 1 is 1.60 bits per heavy atom. The largest absolute Gasteiger partial charge is 0.329 e. The van der Waals surface area contributed by atoms with Gasteiger partial charge < -0.3 is 5.73 Å². The van der Waals surface area contributed by atoms with Gasteiger partial charge in [-0.1, -0.05) is 0 Å². The maximum Gasteiger partial charge on any atom is 0.259 e. The summed E-state index contributed by atoms with van der Waals surface area (Å²) >= 11 is 1.51. The molecule has 2 aromatic heterocycles. The predicted molar refractivity (Wildman–Crippen MR) is 81.1 cm³/mol. The molecule has 0 saturated heterocycles. The van der Waals surface area contributed by atoms with Crippen molar-refractivity contribution in [1.82, 2.24) is 14.3 Å². The third-order valence-electron chi connectivity index (χ3n) is 4.01. The van der Waals surface area contributed by atoms with Crippen LogP contribution in [0.15, 0.2) is 16.2 Å². The van der Waals surface area contributed by atoms with Crippen LogP contribution in [0.1, 0.15) is 24.2 Å². The van der Waals surface area contributed by atoms with Crippen LogP contribution in [0.25, 0.3) is 4.96 Å². The second-order valence-corrected chi connectivity index (χ2v) is 6.47. The van der Waals surface area contributed by atoms with E-state index in [4.69, 9.17) is 5.73 Å². The van der Waals surface area contributed by atoms with Crippen LogP contribution in [0.2, 0.25) is 0 Å². The van der Waals surface area contributed by atoms with Crippen LogP contribution >= 0.6 is 11.3 Å². The van der Waals surface area contributed by atoms with Gasteiger partial charge in [0.15, 0.2) is 4.96 Å². The van der Waals surface area contributed by atoms with E-state index in [1.54, 1.807) is 10.5 Å². The number of aromatic nitrogens is 2. The van der Waals surface area contributed by atoms with E-state index in [-0.39, 0.29) is 5.56 Å². The Morgan fingerprint density at radius 3 is 3.00 bits per heavy atom. The van der Waals surface area contributed by atoms with Crippen molar-refractivity contribution in [2.75, 3.05) is 13.6 Å². The van der Waals surface area contributed by atoms with Gasteiger partial charge in [-0.3, -0.25) is 14.1 Å². The molecule has 5 nitrogen and oxygen atoms in total. The summed E-state index contributed by atoms with van der Waals surface area (Å²) in [4.78, 5) is 19.7. The van der Waals surface area contributed by atoms with Crippen LogP contribution in [-0.2, 0) is 6.54 Å². The van der Waals surface area contributed by atoms with E-state index < -0.39 is 0 Å². The average Bonchev–Trinajstić information content (AvgIpc) is 3.14. The van der Waals surface area contributed by atoms with Crippen molar-refractivity contribution in [1.29, 1.82) is 0 Å². The van der Waals surface area contributed by atoms with E-state index in [1.807, 2.05) is 12.3 Å². The zero-order chi connectivity index (χ0) is 14.3. The summed E-state index contributed by atoms with van der Waals surface area (Å²) in [5, 5.41) is 1.96. The van der Waals surface area contributed by atoms with Gasteiger partial charge >= 0.3 is 0 Å². The van der Waals surface area contributed by atoms with E-state index >= 15 is 0 Å². The van der Waals surface area contributed by atoms with Gasteiger partial charge in [0, 0.05) is 36.3 Å². The average molecular weight is 292 g/mol. The van der Waals surface area contributed by atoms with Gasteiger partial charge in [0.05, 0.1) is 5.69 Å². The van der Waals surface area contributed by atoms with E-state index in [0.717, 1.165) is 22.3 Å². The van der Waals surface area contributed by atoms with Gasteiger partial charge in [-0.15, -0.1) is 11.3 Å². The van der Waals surface area contributed by atoms with Crippen molar-refractivity contribution in [2.45, 2.75) is 32.4 Å². The summed E-state index contributed by atoms with van der Waals surface area (Å²) in [5.74, 6) is 0.721. The highest BCUT2D eigenvalue weighted by molar-refractivity contribution is 7.15. The summed E-state index contributed by atoms with van der Waals surface area (Å²) in [6.45, 7) is 3.28. The molecule has 0 radical (unpaired) electrons.